The minimum absolute atomic E-state index is 0.0620. The molecule has 1 aliphatic heterocycles. The minimum atomic E-state index is -0.928. The lowest BCUT2D eigenvalue weighted by atomic mass is 9.86. The summed E-state index contributed by atoms with van der Waals surface area (Å²) in [6, 6.07) is 3.82. The average Bonchev–Trinajstić information content (AvgIpc) is 2.81. The number of pyridine rings is 1. The van der Waals surface area contributed by atoms with Crippen LogP contribution in [0.15, 0.2) is 24.4 Å². The average molecular weight is 434 g/mol. The topological polar surface area (TPSA) is 132 Å². The number of ether oxygens (including phenoxy) is 1. The molecule has 2 unspecified atom stereocenters. The molecule has 9 nitrogen and oxygen atoms in total. The van der Waals surface area contributed by atoms with Crippen LogP contribution in [-0.2, 0) is 4.79 Å². The molecule has 0 saturated carbocycles. The number of piperidine rings is 1. The number of carboxylic acid groups (broad SMARTS) is 1. The Hall–Kier alpha value is -2.65. The first-order chi connectivity index (χ1) is 15.0. The number of aromatic nitrogens is 1. The Morgan fingerprint density at radius 1 is 1.26 bits per heavy atom. The van der Waals surface area contributed by atoms with E-state index >= 15 is 0 Å². The van der Waals surface area contributed by atoms with Crippen molar-refractivity contribution in [1.82, 2.24) is 15.2 Å². The van der Waals surface area contributed by atoms with Crippen LogP contribution in [0.3, 0.4) is 0 Å². The van der Waals surface area contributed by atoms with Crippen molar-refractivity contribution in [3.63, 3.8) is 0 Å². The van der Waals surface area contributed by atoms with Crippen LogP contribution in [0, 0.1) is 11.8 Å². The van der Waals surface area contributed by atoms with Crippen LogP contribution in [0.5, 0.6) is 5.88 Å². The van der Waals surface area contributed by atoms with Crippen molar-refractivity contribution in [2.24, 2.45) is 11.8 Å². The Kier molecular flexibility index (Phi) is 8.25. The molecule has 2 amide bonds. The van der Waals surface area contributed by atoms with Crippen LogP contribution in [0.1, 0.15) is 37.7 Å². The van der Waals surface area contributed by atoms with Gasteiger partial charge in [-0.1, -0.05) is 6.08 Å². The monoisotopic (exact) mass is 433 g/mol. The van der Waals surface area contributed by atoms with E-state index in [1.165, 1.54) is 4.90 Å². The molecule has 1 fully saturated rings. The number of allylic oxidation sites excluding steroid dienone is 2. The third kappa shape index (κ3) is 6.67. The zero-order valence-electron chi connectivity index (χ0n) is 17.6. The van der Waals surface area contributed by atoms with Gasteiger partial charge in [0.15, 0.2) is 0 Å². The van der Waals surface area contributed by atoms with Crippen molar-refractivity contribution >= 4 is 17.6 Å². The third-order valence-corrected chi connectivity index (χ3v) is 5.96. The molecular formula is C22H31N3O6. The Morgan fingerprint density at radius 2 is 2.03 bits per heavy atom. The summed E-state index contributed by atoms with van der Waals surface area (Å²) in [6.45, 7) is 1.32. The highest BCUT2D eigenvalue weighted by Crippen LogP contribution is 2.30. The fourth-order valence-electron chi connectivity index (χ4n) is 3.91. The molecule has 0 radical (unpaired) electrons. The molecule has 1 saturated heterocycles. The van der Waals surface area contributed by atoms with Crippen molar-refractivity contribution in [2.45, 2.75) is 38.2 Å². The second kappa shape index (κ2) is 11.1. The molecule has 2 heterocycles. The van der Waals surface area contributed by atoms with Gasteiger partial charge in [-0.25, -0.2) is 9.78 Å². The van der Waals surface area contributed by atoms with Gasteiger partial charge in [0, 0.05) is 37.8 Å². The fraction of sp³-hybridized carbons (Fsp3) is 0.591. The smallest absolute Gasteiger partial charge is 0.407 e. The predicted octanol–water partition coefficient (Wildman–Crippen LogP) is 1.50. The molecule has 4 N–H and O–H groups in total. The van der Waals surface area contributed by atoms with Crippen LogP contribution in [-0.4, -0.2) is 76.2 Å². The number of hydrogen-bond donors (Lipinski definition) is 4. The van der Waals surface area contributed by atoms with Gasteiger partial charge in [0.2, 0.25) is 11.8 Å². The standard InChI is InChI=1S/C22H31N3O6/c26-13-19(27)12-24-21(28)17-3-1-16(2-4-17)18-5-6-20(23-11-18)31-14-15-7-9-25(10-8-15)22(29)30/h1,5-6,11,15,17,19,26-27H,2-4,7-10,12-14H2,(H,24,28)(H,29,30). The van der Waals surface area contributed by atoms with Gasteiger partial charge in [0.25, 0.3) is 0 Å². The quantitative estimate of drug-likeness (QED) is 0.488. The van der Waals surface area contributed by atoms with E-state index in [2.05, 4.69) is 16.4 Å². The van der Waals surface area contributed by atoms with Gasteiger partial charge in [0.1, 0.15) is 0 Å². The highest BCUT2D eigenvalue weighted by atomic mass is 16.5. The van der Waals surface area contributed by atoms with Crippen LogP contribution in [0.2, 0.25) is 0 Å². The van der Waals surface area contributed by atoms with Crippen molar-refractivity contribution in [3.8, 4) is 5.88 Å². The number of carbonyl (C=O) groups is 2. The number of likely N-dealkylation sites (tertiary alicyclic amines) is 1. The first-order valence-electron chi connectivity index (χ1n) is 10.8. The van der Waals surface area contributed by atoms with Crippen LogP contribution >= 0.6 is 0 Å². The molecule has 170 valence electrons. The van der Waals surface area contributed by atoms with Gasteiger partial charge in [-0.2, -0.15) is 0 Å². The van der Waals surface area contributed by atoms with Crippen molar-refractivity contribution in [2.75, 3.05) is 32.8 Å². The second-order valence-electron chi connectivity index (χ2n) is 8.19. The molecule has 31 heavy (non-hydrogen) atoms. The van der Waals surface area contributed by atoms with E-state index in [0.29, 0.717) is 37.9 Å². The van der Waals surface area contributed by atoms with Crippen molar-refractivity contribution < 1.29 is 29.6 Å². The summed E-state index contributed by atoms with van der Waals surface area (Å²) in [5.41, 5.74) is 2.16. The lowest BCUT2D eigenvalue weighted by Crippen LogP contribution is -2.38. The van der Waals surface area contributed by atoms with E-state index in [1.807, 2.05) is 12.1 Å². The summed E-state index contributed by atoms with van der Waals surface area (Å²) < 4.78 is 5.80. The first-order valence-corrected chi connectivity index (χ1v) is 10.8. The van der Waals surface area contributed by atoms with Crippen LogP contribution in [0.25, 0.3) is 5.57 Å². The van der Waals surface area contributed by atoms with Gasteiger partial charge < -0.3 is 30.3 Å². The Morgan fingerprint density at radius 3 is 2.61 bits per heavy atom. The molecule has 0 aromatic carbocycles. The largest absolute Gasteiger partial charge is 0.477 e. The molecule has 1 aliphatic carbocycles. The van der Waals surface area contributed by atoms with Gasteiger partial charge >= 0.3 is 6.09 Å². The van der Waals surface area contributed by atoms with Crippen molar-refractivity contribution in [1.29, 1.82) is 0 Å². The molecule has 0 bridgehead atoms. The molecule has 2 aliphatic rings. The van der Waals surface area contributed by atoms with Crippen molar-refractivity contribution in [3.05, 3.63) is 30.0 Å². The summed E-state index contributed by atoms with van der Waals surface area (Å²) in [4.78, 5) is 29.0. The molecule has 0 spiro atoms. The van der Waals surface area contributed by atoms with Gasteiger partial charge in [-0.05, 0) is 55.2 Å². The SMILES string of the molecule is O=C(NCC(O)CO)C1CC=C(c2ccc(OCC3CCN(C(=O)O)CC3)nc2)CC1. The fourth-order valence-corrected chi connectivity index (χ4v) is 3.91. The lowest BCUT2D eigenvalue weighted by molar-refractivity contribution is -0.125. The normalized spacial score (nSPS) is 20.6. The van der Waals surface area contributed by atoms with E-state index in [4.69, 9.17) is 14.9 Å². The number of hydrogen-bond acceptors (Lipinski definition) is 6. The summed E-state index contributed by atoms with van der Waals surface area (Å²) in [5, 5.41) is 29.8. The molecule has 3 rings (SSSR count). The summed E-state index contributed by atoms with van der Waals surface area (Å²) in [5.74, 6) is 0.664. The lowest BCUT2D eigenvalue weighted by Gasteiger charge is -2.29. The number of nitrogens with one attached hydrogen (secondary N) is 1. The number of nitrogens with zero attached hydrogens (tertiary/aromatic N) is 2. The minimum Gasteiger partial charge on any atom is -0.477 e. The maximum absolute atomic E-state index is 12.2. The van der Waals surface area contributed by atoms with Gasteiger partial charge in [-0.15, -0.1) is 0 Å². The number of aliphatic hydroxyl groups is 2. The maximum Gasteiger partial charge on any atom is 0.407 e. The highest BCUT2D eigenvalue weighted by molar-refractivity contribution is 5.80. The van der Waals surface area contributed by atoms with E-state index in [9.17, 15) is 14.7 Å². The second-order valence-corrected chi connectivity index (χ2v) is 8.19. The number of carbonyl (C=O) groups excluding carboxylic acids is 1. The summed E-state index contributed by atoms with van der Waals surface area (Å²) >= 11 is 0. The highest BCUT2D eigenvalue weighted by Gasteiger charge is 2.24. The number of amides is 2. The Bertz CT molecular complexity index is 774. The van der Waals surface area contributed by atoms with Gasteiger partial charge in [-0.3, -0.25) is 4.79 Å². The summed E-state index contributed by atoms with van der Waals surface area (Å²) in [6.07, 6.45) is 5.77. The molecule has 1 aromatic heterocycles. The zero-order valence-corrected chi connectivity index (χ0v) is 17.6. The van der Waals surface area contributed by atoms with Crippen LogP contribution < -0.4 is 10.1 Å². The summed E-state index contributed by atoms with van der Waals surface area (Å²) in [7, 11) is 0. The molecular weight excluding hydrogens is 402 g/mol. The first kappa shape index (κ1) is 23.0. The van der Waals surface area contributed by atoms with E-state index in [0.717, 1.165) is 36.8 Å². The third-order valence-electron chi connectivity index (χ3n) is 5.96. The maximum atomic E-state index is 12.2. The predicted molar refractivity (Wildman–Crippen MR) is 113 cm³/mol. The Labute approximate surface area is 181 Å². The van der Waals surface area contributed by atoms with E-state index < -0.39 is 12.2 Å². The molecule has 1 aromatic rings. The number of rotatable bonds is 8. The zero-order chi connectivity index (χ0) is 22.2. The number of aliphatic hydroxyl groups excluding tert-OH is 2. The van der Waals surface area contributed by atoms with E-state index in [-0.39, 0.29) is 25.0 Å². The van der Waals surface area contributed by atoms with Gasteiger partial charge in [0.05, 0.1) is 19.3 Å². The van der Waals surface area contributed by atoms with Crippen LogP contribution in [0.4, 0.5) is 4.79 Å². The Balaban J connectivity index is 1.43. The van der Waals surface area contributed by atoms with E-state index in [1.54, 1.807) is 6.20 Å². The molecule has 2 atom stereocenters. The molecule has 9 heteroatoms.